The second kappa shape index (κ2) is 5.81. The average molecular weight is 261 g/mol. The number of hydrogen-bond donors (Lipinski definition) is 3. The van der Waals surface area contributed by atoms with Crippen LogP contribution in [0.1, 0.15) is 12.0 Å². The minimum atomic E-state index is -0.195. The molecule has 0 radical (unpaired) electrons. The number of aromatic amines is 1. The summed E-state index contributed by atoms with van der Waals surface area (Å²) in [6.45, 7) is 8.44. The van der Waals surface area contributed by atoms with Crippen molar-refractivity contribution < 1.29 is 5.11 Å². The maximum Gasteiger partial charge on any atom is 0.151 e. The van der Waals surface area contributed by atoms with Crippen LogP contribution in [-0.4, -0.2) is 44.2 Å². The summed E-state index contributed by atoms with van der Waals surface area (Å²) in [4.78, 5) is 13.5. The van der Waals surface area contributed by atoms with E-state index in [1.54, 1.807) is 0 Å². The minimum absolute atomic E-state index is 0.195. The number of nitrogens with zero attached hydrogens (tertiary/aromatic N) is 3. The van der Waals surface area contributed by atoms with Gasteiger partial charge in [-0.05, 0) is 6.42 Å². The predicted octanol–water partition coefficient (Wildman–Crippen LogP) is 0.909. The third kappa shape index (κ3) is 2.74. The highest BCUT2D eigenvalue weighted by Crippen LogP contribution is 2.22. The van der Waals surface area contributed by atoms with Gasteiger partial charge in [0.05, 0.1) is 11.6 Å². The summed E-state index contributed by atoms with van der Waals surface area (Å²) in [6, 6.07) is 0. The highest BCUT2D eigenvalue weighted by atomic mass is 16.3. The van der Waals surface area contributed by atoms with Gasteiger partial charge in [0.25, 0.3) is 0 Å². The Balaban J connectivity index is 0.000000637. The van der Waals surface area contributed by atoms with Crippen molar-refractivity contribution in [1.82, 2.24) is 19.9 Å². The van der Waals surface area contributed by atoms with Gasteiger partial charge in [-0.3, -0.25) is 4.90 Å². The molecule has 2 aromatic rings. The van der Waals surface area contributed by atoms with Crippen LogP contribution in [0.5, 0.6) is 0 Å². The van der Waals surface area contributed by atoms with Crippen molar-refractivity contribution in [1.29, 1.82) is 0 Å². The summed E-state index contributed by atoms with van der Waals surface area (Å²) in [5.74, 6) is 0.475. The number of aliphatic hydroxyl groups is 1. The van der Waals surface area contributed by atoms with Crippen LogP contribution in [-0.2, 0) is 6.54 Å². The molecule has 6 heteroatoms. The highest BCUT2D eigenvalue weighted by molar-refractivity contribution is 5.86. The molecule has 0 saturated carbocycles. The van der Waals surface area contributed by atoms with E-state index in [-0.39, 0.29) is 6.10 Å². The van der Waals surface area contributed by atoms with E-state index in [2.05, 4.69) is 33.0 Å². The maximum absolute atomic E-state index is 9.49. The van der Waals surface area contributed by atoms with Crippen LogP contribution in [0.4, 0.5) is 5.82 Å². The number of nitrogens with one attached hydrogen (secondary N) is 1. The van der Waals surface area contributed by atoms with Crippen LogP contribution < -0.4 is 5.73 Å². The molecule has 3 heterocycles. The first-order valence-electron chi connectivity index (χ1n) is 6.21. The van der Waals surface area contributed by atoms with Crippen LogP contribution in [0.3, 0.4) is 0 Å². The fourth-order valence-electron chi connectivity index (χ4n) is 2.33. The average Bonchev–Trinajstić information content (AvgIpc) is 3.01. The lowest BCUT2D eigenvalue weighted by molar-refractivity contribution is 0.175. The van der Waals surface area contributed by atoms with Gasteiger partial charge in [-0.2, -0.15) is 0 Å². The quantitative estimate of drug-likeness (QED) is 0.699. The van der Waals surface area contributed by atoms with Crippen molar-refractivity contribution in [3.05, 3.63) is 31.2 Å². The van der Waals surface area contributed by atoms with Gasteiger partial charge < -0.3 is 15.8 Å². The topological polar surface area (TPSA) is 91.1 Å². The Hall–Kier alpha value is -1.92. The molecule has 1 aliphatic rings. The molecule has 102 valence electrons. The summed E-state index contributed by atoms with van der Waals surface area (Å²) in [7, 11) is 0. The lowest BCUT2D eigenvalue weighted by atomic mass is 10.2. The van der Waals surface area contributed by atoms with Crippen molar-refractivity contribution in [2.45, 2.75) is 19.1 Å². The van der Waals surface area contributed by atoms with Gasteiger partial charge in [0.15, 0.2) is 5.82 Å². The summed E-state index contributed by atoms with van der Waals surface area (Å²) in [5, 5.41) is 9.49. The number of nitrogens with two attached hydrogens (primary N) is 1. The van der Waals surface area contributed by atoms with Gasteiger partial charge in [0, 0.05) is 31.4 Å². The number of likely N-dealkylation sites (tertiary alicyclic amines) is 1. The molecule has 0 spiro atoms. The van der Waals surface area contributed by atoms with E-state index in [4.69, 9.17) is 5.73 Å². The van der Waals surface area contributed by atoms with Gasteiger partial charge in [0.1, 0.15) is 11.8 Å². The number of anilines is 1. The fourth-order valence-corrected chi connectivity index (χ4v) is 2.33. The zero-order chi connectivity index (χ0) is 13.8. The van der Waals surface area contributed by atoms with Gasteiger partial charge in [0.2, 0.25) is 0 Å². The Kier molecular flexibility index (Phi) is 4.13. The lowest BCUT2D eigenvalue weighted by Crippen LogP contribution is -2.21. The third-order valence-electron chi connectivity index (χ3n) is 3.21. The van der Waals surface area contributed by atoms with Gasteiger partial charge >= 0.3 is 0 Å². The van der Waals surface area contributed by atoms with Crippen LogP contribution in [0.15, 0.2) is 25.7 Å². The molecule has 0 aromatic carbocycles. The molecular formula is C13H19N5O. The first-order chi connectivity index (χ1) is 9.24. The van der Waals surface area contributed by atoms with E-state index < -0.39 is 0 Å². The largest absolute Gasteiger partial charge is 0.392 e. The normalized spacial score (nSPS) is 19.3. The minimum Gasteiger partial charge on any atom is -0.392 e. The van der Waals surface area contributed by atoms with Crippen molar-refractivity contribution in [2.75, 3.05) is 18.8 Å². The number of hydrogen-bond acceptors (Lipinski definition) is 5. The summed E-state index contributed by atoms with van der Waals surface area (Å²) in [6.07, 6.45) is 4.05. The summed E-state index contributed by atoms with van der Waals surface area (Å²) in [5.41, 5.74) is 8.53. The lowest BCUT2D eigenvalue weighted by Gasteiger charge is -2.13. The molecule has 0 amide bonds. The number of nitrogen functional groups attached to an aromatic ring is 1. The number of rotatable bonds is 2. The van der Waals surface area contributed by atoms with E-state index in [0.29, 0.717) is 5.82 Å². The van der Waals surface area contributed by atoms with Crippen molar-refractivity contribution in [3.63, 3.8) is 0 Å². The summed E-state index contributed by atoms with van der Waals surface area (Å²) < 4.78 is 0. The number of aromatic nitrogens is 3. The Morgan fingerprint density at radius 1 is 1.47 bits per heavy atom. The number of aliphatic hydroxyl groups excluding tert-OH is 1. The number of H-pyrrole nitrogens is 1. The Morgan fingerprint density at radius 3 is 2.95 bits per heavy atom. The molecule has 1 fully saturated rings. The Morgan fingerprint density at radius 2 is 2.26 bits per heavy atom. The maximum atomic E-state index is 9.49. The molecule has 4 N–H and O–H groups in total. The van der Waals surface area contributed by atoms with Crippen molar-refractivity contribution >= 4 is 16.9 Å². The molecule has 1 atom stereocenters. The molecule has 0 aliphatic carbocycles. The van der Waals surface area contributed by atoms with E-state index in [1.165, 1.54) is 6.33 Å². The molecule has 2 aromatic heterocycles. The van der Waals surface area contributed by atoms with E-state index in [0.717, 1.165) is 42.7 Å². The molecule has 1 saturated heterocycles. The SMILES string of the molecule is C=C.Nc1ncnc2c(CN3CC[C@@H](O)C3)c[nH]c12. The van der Waals surface area contributed by atoms with E-state index in [9.17, 15) is 5.11 Å². The van der Waals surface area contributed by atoms with E-state index in [1.807, 2.05) is 6.20 Å². The monoisotopic (exact) mass is 261 g/mol. The van der Waals surface area contributed by atoms with Crippen molar-refractivity contribution in [3.8, 4) is 0 Å². The third-order valence-corrected chi connectivity index (χ3v) is 3.21. The molecule has 3 rings (SSSR count). The molecule has 1 aliphatic heterocycles. The second-order valence-corrected chi connectivity index (χ2v) is 4.47. The van der Waals surface area contributed by atoms with Gasteiger partial charge in [-0.25, -0.2) is 9.97 Å². The van der Waals surface area contributed by atoms with Crippen LogP contribution >= 0.6 is 0 Å². The zero-order valence-corrected chi connectivity index (χ0v) is 10.8. The van der Waals surface area contributed by atoms with Gasteiger partial charge in [-0.15, -0.1) is 13.2 Å². The molecule has 0 bridgehead atoms. The molecule has 0 unspecified atom stereocenters. The molecule has 6 nitrogen and oxygen atoms in total. The second-order valence-electron chi connectivity index (χ2n) is 4.47. The Bertz CT molecular complexity index is 553. The van der Waals surface area contributed by atoms with Crippen LogP contribution in [0.25, 0.3) is 11.0 Å². The van der Waals surface area contributed by atoms with E-state index >= 15 is 0 Å². The first kappa shape index (κ1) is 13.5. The first-order valence-corrected chi connectivity index (χ1v) is 6.21. The van der Waals surface area contributed by atoms with Crippen molar-refractivity contribution in [2.24, 2.45) is 0 Å². The zero-order valence-electron chi connectivity index (χ0n) is 10.8. The van der Waals surface area contributed by atoms with Gasteiger partial charge in [-0.1, -0.05) is 0 Å². The standard InChI is InChI=1S/C11H15N5O.C2H4/c12-11-10-9(14-6-15-11)7(3-13-10)4-16-2-1-8(17)5-16;1-2/h3,6,8,13,17H,1-2,4-5H2,(H2,12,14,15);1-2H2/t8-;/m1./s1. The molecule has 19 heavy (non-hydrogen) atoms. The smallest absolute Gasteiger partial charge is 0.151 e. The summed E-state index contributed by atoms with van der Waals surface area (Å²) >= 11 is 0. The van der Waals surface area contributed by atoms with Crippen LogP contribution in [0.2, 0.25) is 0 Å². The predicted molar refractivity (Wildman–Crippen MR) is 75.5 cm³/mol. The molecular weight excluding hydrogens is 242 g/mol. The Labute approximate surface area is 112 Å². The fraction of sp³-hybridized carbons (Fsp3) is 0.385. The van der Waals surface area contributed by atoms with Crippen LogP contribution in [0, 0.1) is 0 Å². The highest BCUT2D eigenvalue weighted by Gasteiger charge is 2.21. The number of fused-ring (bicyclic) bond motifs is 1. The number of β-amino-alcohol motifs (C(OH)–C–C–N with tert-alkyl or cyclic N) is 1.